The molecule has 31 heavy (non-hydrogen) atoms. The van der Waals surface area contributed by atoms with Crippen LogP contribution >= 0.6 is 12.2 Å². The molecule has 3 rings (SSSR count). The highest BCUT2D eigenvalue weighted by Crippen LogP contribution is 2.29. The van der Waals surface area contributed by atoms with Gasteiger partial charge in [-0.2, -0.15) is 0 Å². The van der Waals surface area contributed by atoms with Gasteiger partial charge in [-0.1, -0.05) is 39.0 Å². The fourth-order valence-corrected chi connectivity index (χ4v) is 3.22. The number of ether oxygens (including phenoxy) is 3. The molecule has 7 heteroatoms. The molecule has 1 fully saturated rings. The lowest BCUT2D eigenvalue weighted by molar-refractivity contribution is -0.115. The van der Waals surface area contributed by atoms with Crippen LogP contribution in [0.5, 0.6) is 17.2 Å². The largest absolute Gasteiger partial charge is 0.490 e. The van der Waals surface area contributed by atoms with Crippen molar-refractivity contribution in [1.29, 1.82) is 0 Å². The number of rotatable bonds is 8. The third kappa shape index (κ3) is 6.21. The van der Waals surface area contributed by atoms with Gasteiger partial charge in [-0.15, -0.1) is 0 Å². The van der Waals surface area contributed by atoms with Gasteiger partial charge in [0, 0.05) is 0 Å². The third-order valence-electron chi connectivity index (χ3n) is 4.63. The number of carbonyl (C=O) groups is 1. The summed E-state index contributed by atoms with van der Waals surface area (Å²) in [7, 11) is 0. The lowest BCUT2D eigenvalue weighted by Crippen LogP contribution is -2.21. The normalized spacial score (nSPS) is 14.9. The van der Waals surface area contributed by atoms with Crippen molar-refractivity contribution >= 4 is 29.3 Å². The minimum Gasteiger partial charge on any atom is -0.490 e. The SMILES string of the molecule is CCOc1cc(/C=C2/NC(=S)NC2=O)ccc1OCCOc1ccc(C(C)(C)C)cc1. The van der Waals surface area contributed by atoms with Gasteiger partial charge in [0.2, 0.25) is 0 Å². The first-order chi connectivity index (χ1) is 14.8. The fourth-order valence-electron chi connectivity index (χ4n) is 3.01. The Morgan fingerprint density at radius 1 is 0.935 bits per heavy atom. The Morgan fingerprint density at radius 3 is 2.26 bits per heavy atom. The average molecular weight is 441 g/mol. The zero-order valence-corrected chi connectivity index (χ0v) is 19.1. The summed E-state index contributed by atoms with van der Waals surface area (Å²) in [4.78, 5) is 11.8. The van der Waals surface area contributed by atoms with E-state index in [0.29, 0.717) is 42.1 Å². The van der Waals surface area contributed by atoms with Crippen LogP contribution in [0.25, 0.3) is 6.08 Å². The van der Waals surface area contributed by atoms with Crippen LogP contribution in [0, 0.1) is 0 Å². The zero-order chi connectivity index (χ0) is 22.4. The Morgan fingerprint density at radius 2 is 1.65 bits per heavy atom. The monoisotopic (exact) mass is 440 g/mol. The summed E-state index contributed by atoms with van der Waals surface area (Å²) in [5, 5.41) is 5.67. The van der Waals surface area contributed by atoms with Crippen molar-refractivity contribution < 1.29 is 19.0 Å². The molecule has 2 aromatic carbocycles. The Balaban J connectivity index is 1.59. The smallest absolute Gasteiger partial charge is 0.273 e. The van der Waals surface area contributed by atoms with E-state index in [2.05, 4.69) is 43.5 Å². The van der Waals surface area contributed by atoms with Crippen molar-refractivity contribution in [3.8, 4) is 17.2 Å². The van der Waals surface area contributed by atoms with Crippen molar-refractivity contribution in [2.45, 2.75) is 33.1 Å². The molecule has 0 aromatic heterocycles. The molecule has 1 saturated heterocycles. The van der Waals surface area contributed by atoms with Gasteiger partial charge in [0.25, 0.3) is 5.91 Å². The minimum atomic E-state index is -0.254. The number of nitrogens with one attached hydrogen (secondary N) is 2. The molecule has 1 aliphatic heterocycles. The summed E-state index contributed by atoms with van der Waals surface area (Å²) >= 11 is 4.95. The molecule has 1 aliphatic rings. The van der Waals surface area contributed by atoms with Crippen LogP contribution in [0.3, 0.4) is 0 Å². The lowest BCUT2D eigenvalue weighted by atomic mass is 9.87. The molecule has 0 aliphatic carbocycles. The van der Waals surface area contributed by atoms with Crippen LogP contribution in [0.2, 0.25) is 0 Å². The standard InChI is InChI=1S/C24H28N2O4S/c1-5-28-21-15-16(14-19-22(27)26-23(31)25-19)6-11-20(21)30-13-12-29-18-9-7-17(8-10-18)24(2,3)4/h6-11,14-15H,5,12-13H2,1-4H3,(H2,25,26,27,31)/b19-14+. The van der Waals surface area contributed by atoms with E-state index < -0.39 is 0 Å². The van der Waals surface area contributed by atoms with Gasteiger partial charge in [-0.05, 0) is 66.0 Å². The van der Waals surface area contributed by atoms with Gasteiger partial charge in [0.15, 0.2) is 16.6 Å². The van der Waals surface area contributed by atoms with Gasteiger partial charge in [0.1, 0.15) is 24.7 Å². The second-order valence-corrected chi connectivity index (χ2v) is 8.48. The number of amides is 1. The molecular weight excluding hydrogens is 412 g/mol. The van der Waals surface area contributed by atoms with Gasteiger partial charge in [0.05, 0.1) is 6.61 Å². The highest BCUT2D eigenvalue weighted by molar-refractivity contribution is 7.80. The van der Waals surface area contributed by atoms with Crippen molar-refractivity contribution in [2.75, 3.05) is 19.8 Å². The fraction of sp³-hybridized carbons (Fsp3) is 0.333. The number of benzene rings is 2. The van der Waals surface area contributed by atoms with Crippen LogP contribution in [0.4, 0.5) is 0 Å². The summed E-state index contributed by atoms with van der Waals surface area (Å²) in [6.07, 6.45) is 1.71. The van der Waals surface area contributed by atoms with E-state index in [-0.39, 0.29) is 11.3 Å². The number of thiocarbonyl (C=S) groups is 1. The van der Waals surface area contributed by atoms with Gasteiger partial charge < -0.3 is 19.5 Å². The van der Waals surface area contributed by atoms with Crippen molar-refractivity contribution in [3.05, 3.63) is 59.3 Å². The summed E-state index contributed by atoms with van der Waals surface area (Å²) in [6.45, 7) is 9.74. The number of hydrogen-bond acceptors (Lipinski definition) is 5. The lowest BCUT2D eigenvalue weighted by Gasteiger charge is -2.19. The second kappa shape index (κ2) is 9.83. The average Bonchev–Trinajstić information content (AvgIpc) is 3.03. The van der Waals surface area contributed by atoms with Crippen molar-refractivity contribution in [1.82, 2.24) is 10.6 Å². The highest BCUT2D eigenvalue weighted by Gasteiger charge is 2.20. The molecule has 1 amide bonds. The van der Waals surface area contributed by atoms with Gasteiger partial charge in [-0.3, -0.25) is 10.1 Å². The van der Waals surface area contributed by atoms with E-state index in [4.69, 9.17) is 26.4 Å². The molecule has 0 radical (unpaired) electrons. The van der Waals surface area contributed by atoms with Crippen molar-refractivity contribution in [2.24, 2.45) is 0 Å². The highest BCUT2D eigenvalue weighted by atomic mass is 32.1. The first kappa shape index (κ1) is 22.6. The number of hydrogen-bond donors (Lipinski definition) is 2. The molecule has 6 nitrogen and oxygen atoms in total. The maximum absolute atomic E-state index is 11.8. The van der Waals surface area contributed by atoms with Crippen molar-refractivity contribution in [3.63, 3.8) is 0 Å². The first-order valence-corrected chi connectivity index (χ1v) is 10.6. The Hall–Kier alpha value is -3.06. The summed E-state index contributed by atoms with van der Waals surface area (Å²) in [6, 6.07) is 13.6. The molecule has 164 valence electrons. The van der Waals surface area contributed by atoms with Crippen LogP contribution < -0.4 is 24.8 Å². The predicted molar refractivity (Wildman–Crippen MR) is 126 cm³/mol. The van der Waals surface area contributed by atoms with E-state index in [0.717, 1.165) is 11.3 Å². The maximum atomic E-state index is 11.8. The quantitative estimate of drug-likeness (QED) is 0.365. The van der Waals surface area contributed by atoms with E-state index in [9.17, 15) is 4.79 Å². The molecular formula is C24H28N2O4S. The molecule has 0 atom stereocenters. The van der Waals surface area contributed by atoms with Gasteiger partial charge >= 0.3 is 0 Å². The second-order valence-electron chi connectivity index (χ2n) is 8.08. The minimum absolute atomic E-state index is 0.114. The van der Waals surface area contributed by atoms with E-state index in [1.54, 1.807) is 6.08 Å². The summed E-state index contributed by atoms with van der Waals surface area (Å²) in [5.74, 6) is 1.78. The molecule has 2 N–H and O–H groups in total. The molecule has 0 spiro atoms. The molecule has 0 saturated carbocycles. The van der Waals surface area contributed by atoms with E-state index in [1.807, 2.05) is 37.3 Å². The van der Waals surface area contributed by atoms with Gasteiger partial charge in [-0.25, -0.2) is 0 Å². The molecule has 2 aromatic rings. The van der Waals surface area contributed by atoms with Crippen LogP contribution in [-0.4, -0.2) is 30.8 Å². The Bertz CT molecular complexity index is 978. The van der Waals surface area contributed by atoms with Crippen LogP contribution in [-0.2, 0) is 10.2 Å². The predicted octanol–water partition coefficient (Wildman–Crippen LogP) is 4.19. The molecule has 0 bridgehead atoms. The first-order valence-electron chi connectivity index (χ1n) is 10.2. The Labute approximate surface area is 188 Å². The van der Waals surface area contributed by atoms with E-state index in [1.165, 1.54) is 5.56 Å². The molecule has 0 unspecified atom stereocenters. The number of carbonyl (C=O) groups excluding carboxylic acids is 1. The third-order valence-corrected chi connectivity index (χ3v) is 4.83. The topological polar surface area (TPSA) is 68.8 Å². The molecule has 1 heterocycles. The summed E-state index contributed by atoms with van der Waals surface area (Å²) in [5.41, 5.74) is 2.57. The summed E-state index contributed by atoms with van der Waals surface area (Å²) < 4.78 is 17.4. The Kier molecular flexibility index (Phi) is 7.17. The van der Waals surface area contributed by atoms with Crippen LogP contribution in [0.1, 0.15) is 38.8 Å². The maximum Gasteiger partial charge on any atom is 0.273 e. The zero-order valence-electron chi connectivity index (χ0n) is 18.3. The van der Waals surface area contributed by atoms with Crippen LogP contribution in [0.15, 0.2) is 48.2 Å². The van der Waals surface area contributed by atoms with E-state index >= 15 is 0 Å².